The third-order valence-corrected chi connectivity index (χ3v) is 1.28. The van der Waals surface area contributed by atoms with Gasteiger partial charge in [0, 0.05) is 25.2 Å². The Kier molecular flexibility index (Phi) is 21.5. The van der Waals surface area contributed by atoms with Crippen molar-refractivity contribution in [1.29, 1.82) is 0 Å². The molecule has 0 fully saturated rings. The molecule has 0 aromatic heterocycles. The van der Waals surface area contributed by atoms with Crippen molar-refractivity contribution in [2.75, 3.05) is 26.4 Å². The predicted octanol–water partition coefficient (Wildman–Crippen LogP) is -1.47. The lowest BCUT2D eigenvalue weighted by Gasteiger charge is -1.94. The van der Waals surface area contributed by atoms with Gasteiger partial charge in [-0.15, -0.1) is 0 Å². The second-order valence-corrected chi connectivity index (χ2v) is 3.31. The summed E-state index contributed by atoms with van der Waals surface area (Å²) >= 11 is 0. The number of aliphatic hydroxyl groups excluding tert-OH is 2. The number of carbonyl (C=O) groups is 4. The third kappa shape index (κ3) is 38.2. The molecule has 0 unspecified atom stereocenters. The number of hydrogen-bond acceptors (Lipinski definition) is 7. The number of rotatable bonds is 5. The van der Waals surface area contributed by atoms with Crippen LogP contribution in [0.1, 0.15) is 6.92 Å². The number of carboxylic acid groups (broad SMARTS) is 2. The van der Waals surface area contributed by atoms with E-state index >= 15 is 0 Å². The van der Waals surface area contributed by atoms with Gasteiger partial charge in [-0.25, -0.2) is 4.79 Å². The zero-order valence-corrected chi connectivity index (χ0v) is 12.6. The number of carboxylic acids is 2. The highest BCUT2D eigenvalue weighted by Gasteiger charge is 2.06. The lowest BCUT2D eigenvalue weighted by Crippen LogP contribution is -2.19. The highest BCUT2D eigenvalue weighted by Crippen LogP contribution is 1.82. The minimum atomic E-state index is -0.981. The Morgan fingerprint density at radius 1 is 1.13 bits per heavy atom. The van der Waals surface area contributed by atoms with E-state index in [4.69, 9.17) is 25.2 Å². The van der Waals surface area contributed by atoms with Crippen LogP contribution in [0.15, 0.2) is 24.8 Å². The van der Waals surface area contributed by atoms with E-state index in [0.29, 0.717) is 13.2 Å². The van der Waals surface area contributed by atoms with Gasteiger partial charge < -0.3 is 25.2 Å². The summed E-state index contributed by atoms with van der Waals surface area (Å²) in [5.74, 6) is -2.47. The van der Waals surface area contributed by atoms with Crippen molar-refractivity contribution < 1.29 is 44.3 Å². The molecular weight excluding hydrogens is 314 g/mol. The molecule has 0 saturated carbocycles. The maximum atomic E-state index is 10.0. The SMILES string of the molecule is C=CC(=O)O.CC(=O)O.O=C1C=CC(=O)N1.OCCOCCO. The molecule has 0 aliphatic carbocycles. The van der Waals surface area contributed by atoms with Gasteiger partial charge in [0.1, 0.15) is 0 Å². The molecule has 1 heterocycles. The Hall–Kier alpha value is -2.56. The average molecular weight is 335 g/mol. The van der Waals surface area contributed by atoms with Crippen LogP contribution in [0, 0.1) is 0 Å². The van der Waals surface area contributed by atoms with Crippen LogP contribution in [0.5, 0.6) is 0 Å². The van der Waals surface area contributed by atoms with Crippen molar-refractivity contribution in [3.8, 4) is 0 Å². The first kappa shape index (κ1) is 25.4. The predicted molar refractivity (Wildman–Crippen MR) is 78.4 cm³/mol. The van der Waals surface area contributed by atoms with Crippen molar-refractivity contribution >= 4 is 23.8 Å². The lowest BCUT2D eigenvalue weighted by molar-refractivity contribution is -0.134. The zero-order chi connectivity index (χ0) is 18.7. The minimum absolute atomic E-state index is 0.0278. The van der Waals surface area contributed by atoms with Crippen molar-refractivity contribution in [2.45, 2.75) is 6.92 Å². The largest absolute Gasteiger partial charge is 0.481 e. The summed E-state index contributed by atoms with van der Waals surface area (Å²) in [4.78, 5) is 38.3. The van der Waals surface area contributed by atoms with Crippen molar-refractivity contribution in [3.63, 3.8) is 0 Å². The maximum absolute atomic E-state index is 10.0. The standard InChI is InChI=1S/C4H3NO2.C4H10O3.C3H4O2.C2H4O2/c6-3-1-2-4(7)5-3;5-1-3-7-4-2-6;1-2-3(4)5;1-2(3)4/h1-2H,(H,5,6,7);5-6H,1-4H2;2H,1H2,(H,4,5);1H3,(H,3,4). The van der Waals surface area contributed by atoms with Gasteiger partial charge in [0.2, 0.25) is 0 Å². The monoisotopic (exact) mass is 335 g/mol. The molecule has 0 aromatic carbocycles. The number of imide groups is 1. The molecule has 1 rings (SSSR count). The van der Waals surface area contributed by atoms with E-state index in [2.05, 4.69) is 11.3 Å². The van der Waals surface area contributed by atoms with E-state index in [9.17, 15) is 14.4 Å². The fourth-order valence-electron chi connectivity index (χ4n) is 0.587. The van der Waals surface area contributed by atoms with Gasteiger partial charge in [-0.05, 0) is 0 Å². The van der Waals surface area contributed by atoms with E-state index in [-0.39, 0.29) is 25.0 Å². The number of ether oxygens (including phenoxy) is 1. The number of carbonyl (C=O) groups excluding carboxylic acids is 2. The van der Waals surface area contributed by atoms with E-state index in [1.54, 1.807) is 0 Å². The molecule has 0 bridgehead atoms. The van der Waals surface area contributed by atoms with Crippen LogP contribution in [0.4, 0.5) is 0 Å². The van der Waals surface area contributed by atoms with E-state index < -0.39 is 11.9 Å². The van der Waals surface area contributed by atoms with Crippen LogP contribution in [0.25, 0.3) is 0 Å². The highest BCUT2D eigenvalue weighted by atomic mass is 16.5. The Balaban J connectivity index is -0.000000239. The summed E-state index contributed by atoms with van der Waals surface area (Å²) < 4.78 is 4.63. The Bertz CT molecular complexity index is 380. The number of amides is 2. The molecule has 1 aliphatic heterocycles. The summed E-state index contributed by atoms with van der Waals surface area (Å²) in [6.07, 6.45) is 3.23. The molecule has 132 valence electrons. The average Bonchev–Trinajstić information content (AvgIpc) is 2.83. The van der Waals surface area contributed by atoms with Crippen LogP contribution >= 0.6 is 0 Å². The van der Waals surface area contributed by atoms with Crippen LogP contribution in [0.3, 0.4) is 0 Å². The summed E-state index contributed by atoms with van der Waals surface area (Å²) in [5, 5.41) is 33.2. The van der Waals surface area contributed by atoms with Crippen molar-refractivity contribution in [1.82, 2.24) is 5.32 Å². The fraction of sp³-hybridized carbons (Fsp3) is 0.385. The first-order chi connectivity index (χ1) is 10.7. The Morgan fingerprint density at radius 2 is 1.43 bits per heavy atom. The van der Waals surface area contributed by atoms with Gasteiger partial charge in [-0.3, -0.25) is 19.7 Å². The second-order valence-electron chi connectivity index (χ2n) is 3.31. The number of hydrogen-bond donors (Lipinski definition) is 5. The molecule has 10 heteroatoms. The van der Waals surface area contributed by atoms with Crippen LogP contribution in [0.2, 0.25) is 0 Å². The zero-order valence-electron chi connectivity index (χ0n) is 12.6. The number of aliphatic carboxylic acids is 2. The molecular formula is C13H21NO9. The summed E-state index contributed by atoms with van der Waals surface area (Å²) in [6, 6.07) is 0. The van der Waals surface area contributed by atoms with Gasteiger partial charge >= 0.3 is 5.97 Å². The Labute approximate surface area is 132 Å². The second kappa shape index (κ2) is 19.4. The number of nitrogens with one attached hydrogen (secondary N) is 1. The van der Waals surface area contributed by atoms with Crippen LogP contribution in [-0.2, 0) is 23.9 Å². The highest BCUT2D eigenvalue weighted by molar-refractivity contribution is 6.12. The minimum Gasteiger partial charge on any atom is -0.481 e. The van der Waals surface area contributed by atoms with Gasteiger partial charge in [-0.1, -0.05) is 6.58 Å². The van der Waals surface area contributed by atoms with E-state index in [1.165, 1.54) is 12.2 Å². The molecule has 0 aromatic rings. The van der Waals surface area contributed by atoms with Crippen molar-refractivity contribution in [3.05, 3.63) is 24.8 Å². The van der Waals surface area contributed by atoms with Gasteiger partial charge in [0.15, 0.2) is 0 Å². The number of aliphatic hydroxyl groups is 2. The van der Waals surface area contributed by atoms with Gasteiger partial charge in [0.25, 0.3) is 17.8 Å². The molecule has 0 atom stereocenters. The maximum Gasteiger partial charge on any atom is 0.327 e. The van der Waals surface area contributed by atoms with Crippen molar-refractivity contribution in [2.24, 2.45) is 0 Å². The quantitative estimate of drug-likeness (QED) is 0.229. The molecule has 2 amide bonds. The summed E-state index contributed by atoms with van der Waals surface area (Å²) in [6.45, 7) is 4.74. The van der Waals surface area contributed by atoms with Gasteiger partial charge in [-0.2, -0.15) is 0 Å². The summed E-state index contributed by atoms with van der Waals surface area (Å²) in [7, 11) is 0. The molecule has 0 radical (unpaired) electrons. The smallest absolute Gasteiger partial charge is 0.327 e. The molecule has 10 nitrogen and oxygen atoms in total. The molecule has 1 aliphatic rings. The van der Waals surface area contributed by atoms with Crippen LogP contribution < -0.4 is 5.32 Å². The fourth-order valence-corrected chi connectivity index (χ4v) is 0.587. The Morgan fingerprint density at radius 3 is 1.57 bits per heavy atom. The van der Waals surface area contributed by atoms with E-state index in [0.717, 1.165) is 13.0 Å². The first-order valence-electron chi connectivity index (χ1n) is 6.08. The molecule has 23 heavy (non-hydrogen) atoms. The third-order valence-electron chi connectivity index (χ3n) is 1.28. The molecule has 5 N–H and O–H groups in total. The van der Waals surface area contributed by atoms with E-state index in [1.807, 2.05) is 5.32 Å². The lowest BCUT2D eigenvalue weighted by atomic mass is 10.6. The topological polar surface area (TPSA) is 170 Å². The normalized spacial score (nSPS) is 10.7. The molecule has 0 saturated heterocycles. The van der Waals surface area contributed by atoms with Crippen LogP contribution in [-0.4, -0.2) is 70.6 Å². The first-order valence-corrected chi connectivity index (χ1v) is 6.08. The van der Waals surface area contributed by atoms with Gasteiger partial charge in [0.05, 0.1) is 26.4 Å². The molecule has 0 spiro atoms. The summed E-state index contributed by atoms with van der Waals surface area (Å²) in [5.41, 5.74) is 0.